The van der Waals surface area contributed by atoms with Gasteiger partial charge in [-0.2, -0.15) is 5.10 Å². The molecule has 114 valence electrons. The van der Waals surface area contributed by atoms with Crippen LogP contribution in [0.15, 0.2) is 6.07 Å². The summed E-state index contributed by atoms with van der Waals surface area (Å²) in [6.07, 6.45) is 2.10. The molecule has 5 nitrogen and oxygen atoms in total. The van der Waals surface area contributed by atoms with Gasteiger partial charge in [0.2, 0.25) is 0 Å². The summed E-state index contributed by atoms with van der Waals surface area (Å²) in [5.41, 5.74) is 1.04. The lowest BCUT2D eigenvalue weighted by Gasteiger charge is -2.20. The van der Waals surface area contributed by atoms with Gasteiger partial charge < -0.3 is 10.0 Å². The molecular formula is C15H21N3O2S. The van der Waals surface area contributed by atoms with E-state index in [1.807, 2.05) is 22.7 Å². The molecule has 1 aliphatic rings. The van der Waals surface area contributed by atoms with Crippen molar-refractivity contribution >= 4 is 27.5 Å². The summed E-state index contributed by atoms with van der Waals surface area (Å²) in [6.45, 7) is 4.67. The highest BCUT2D eigenvalue weighted by molar-refractivity contribution is 7.20. The smallest absolute Gasteiger partial charge is 0.264 e. The number of hydrogen-bond donors (Lipinski definition) is 1. The van der Waals surface area contributed by atoms with Gasteiger partial charge >= 0.3 is 0 Å². The van der Waals surface area contributed by atoms with Gasteiger partial charge in [-0.1, -0.05) is 13.8 Å². The van der Waals surface area contributed by atoms with E-state index < -0.39 is 0 Å². The number of aromatic nitrogens is 2. The average Bonchev–Trinajstić information content (AvgIpc) is 3.10. The minimum absolute atomic E-state index is 0.0198. The molecule has 6 heteroatoms. The van der Waals surface area contributed by atoms with Crippen LogP contribution >= 0.6 is 11.3 Å². The van der Waals surface area contributed by atoms with E-state index in [0.29, 0.717) is 18.5 Å². The molecule has 3 rings (SSSR count). The van der Waals surface area contributed by atoms with Crippen LogP contribution < -0.4 is 0 Å². The lowest BCUT2D eigenvalue weighted by molar-refractivity contribution is 0.0712. The molecule has 2 aromatic heterocycles. The van der Waals surface area contributed by atoms with Crippen molar-refractivity contribution in [2.75, 3.05) is 13.2 Å². The highest BCUT2D eigenvalue weighted by Gasteiger charge is 2.33. The second-order valence-corrected chi connectivity index (χ2v) is 6.98. The Morgan fingerprint density at radius 2 is 2.29 bits per heavy atom. The Balaban J connectivity index is 1.96. The van der Waals surface area contributed by atoms with E-state index in [4.69, 9.17) is 5.11 Å². The Morgan fingerprint density at radius 1 is 1.57 bits per heavy atom. The van der Waals surface area contributed by atoms with Crippen LogP contribution in [0.5, 0.6) is 0 Å². The van der Waals surface area contributed by atoms with Crippen molar-refractivity contribution in [1.82, 2.24) is 14.7 Å². The van der Waals surface area contributed by atoms with Crippen molar-refractivity contribution < 1.29 is 9.90 Å². The van der Waals surface area contributed by atoms with Gasteiger partial charge in [0, 0.05) is 25.0 Å². The Kier molecular flexibility index (Phi) is 3.75. The number of thiophene rings is 1. The minimum atomic E-state index is 0.0198. The maximum atomic E-state index is 12.7. The Morgan fingerprint density at radius 3 is 2.86 bits per heavy atom. The normalized spacial score (nSPS) is 15.1. The Bertz CT molecular complexity index is 670. The molecule has 2 heterocycles. The summed E-state index contributed by atoms with van der Waals surface area (Å²) >= 11 is 1.50. The van der Waals surface area contributed by atoms with Gasteiger partial charge in [-0.05, 0) is 24.8 Å². The van der Waals surface area contributed by atoms with Crippen molar-refractivity contribution in [3.05, 3.63) is 16.6 Å². The zero-order valence-electron chi connectivity index (χ0n) is 12.7. The quantitative estimate of drug-likeness (QED) is 0.922. The number of carbonyl (C=O) groups is 1. The van der Waals surface area contributed by atoms with Crippen LogP contribution in [0.1, 0.15) is 48.0 Å². The third-order valence-electron chi connectivity index (χ3n) is 3.89. The molecule has 1 aliphatic carbocycles. The van der Waals surface area contributed by atoms with Crippen molar-refractivity contribution in [3.63, 3.8) is 0 Å². The first-order chi connectivity index (χ1) is 10.0. The van der Waals surface area contributed by atoms with Crippen LogP contribution in [0.3, 0.4) is 0 Å². The standard InChI is InChI=1S/C15H21N3O2S/c1-9(2)13-11-8-12(21-15(11)17(3)16-13)14(20)18(6-7-19)10-4-5-10/h8-10,19H,4-7H2,1-3H3. The molecule has 0 atom stereocenters. The van der Waals surface area contributed by atoms with Crippen LogP contribution in [0, 0.1) is 0 Å². The van der Waals surface area contributed by atoms with Crippen molar-refractivity contribution in [2.45, 2.75) is 38.6 Å². The zero-order chi connectivity index (χ0) is 15.1. The van der Waals surface area contributed by atoms with Gasteiger partial charge in [-0.15, -0.1) is 11.3 Å². The number of aliphatic hydroxyl groups is 1. The first-order valence-electron chi connectivity index (χ1n) is 7.41. The third-order valence-corrected chi connectivity index (χ3v) is 5.08. The average molecular weight is 307 g/mol. The SMILES string of the molecule is CC(C)c1nn(C)c2sc(C(=O)N(CCO)C3CC3)cc12. The summed E-state index contributed by atoms with van der Waals surface area (Å²) in [4.78, 5) is 16.3. The van der Waals surface area contributed by atoms with Crippen molar-refractivity contribution in [2.24, 2.45) is 7.05 Å². The van der Waals surface area contributed by atoms with Crippen LogP contribution in [0.25, 0.3) is 10.2 Å². The molecule has 0 radical (unpaired) electrons. The van der Waals surface area contributed by atoms with Gasteiger partial charge in [0.05, 0.1) is 17.2 Å². The number of aliphatic hydroxyl groups excluding tert-OH is 1. The zero-order valence-corrected chi connectivity index (χ0v) is 13.5. The summed E-state index contributed by atoms with van der Waals surface area (Å²) in [5, 5.41) is 14.8. The molecule has 1 fully saturated rings. The van der Waals surface area contributed by atoms with E-state index in [-0.39, 0.29) is 12.5 Å². The summed E-state index contributed by atoms with van der Waals surface area (Å²) in [6, 6.07) is 2.29. The highest BCUT2D eigenvalue weighted by Crippen LogP contribution is 2.34. The number of rotatable bonds is 5. The second-order valence-electron chi connectivity index (χ2n) is 5.95. The number of hydrogen-bond acceptors (Lipinski definition) is 4. The molecule has 0 aliphatic heterocycles. The fourth-order valence-corrected chi connectivity index (χ4v) is 3.72. The number of aryl methyl sites for hydroxylation is 1. The molecule has 0 spiro atoms. The highest BCUT2D eigenvalue weighted by atomic mass is 32.1. The monoisotopic (exact) mass is 307 g/mol. The third kappa shape index (κ3) is 2.58. The van der Waals surface area contributed by atoms with Crippen molar-refractivity contribution in [3.8, 4) is 0 Å². The lowest BCUT2D eigenvalue weighted by Crippen LogP contribution is -2.35. The largest absolute Gasteiger partial charge is 0.395 e. The van der Waals surface area contributed by atoms with Crippen LogP contribution in [-0.2, 0) is 7.05 Å². The Labute approximate surface area is 128 Å². The molecule has 0 bridgehead atoms. The van der Waals surface area contributed by atoms with Gasteiger partial charge in [-0.25, -0.2) is 0 Å². The van der Waals surface area contributed by atoms with E-state index in [9.17, 15) is 4.79 Å². The van der Waals surface area contributed by atoms with Gasteiger partial charge in [-0.3, -0.25) is 9.48 Å². The summed E-state index contributed by atoms with van der Waals surface area (Å²) in [5.74, 6) is 0.380. The predicted molar refractivity (Wildman–Crippen MR) is 83.8 cm³/mol. The van der Waals surface area contributed by atoms with Crippen molar-refractivity contribution in [1.29, 1.82) is 0 Å². The molecule has 2 aromatic rings. The summed E-state index contributed by atoms with van der Waals surface area (Å²) < 4.78 is 1.86. The summed E-state index contributed by atoms with van der Waals surface area (Å²) in [7, 11) is 1.92. The number of carbonyl (C=O) groups excluding carboxylic acids is 1. The van der Waals surface area contributed by atoms with E-state index >= 15 is 0 Å². The minimum Gasteiger partial charge on any atom is -0.395 e. The van der Waals surface area contributed by atoms with Crippen LogP contribution in [0.4, 0.5) is 0 Å². The number of nitrogens with zero attached hydrogens (tertiary/aromatic N) is 3. The molecule has 1 amide bonds. The first kappa shape index (κ1) is 14.5. The molecule has 0 unspecified atom stereocenters. The van der Waals surface area contributed by atoms with Gasteiger partial charge in [0.1, 0.15) is 4.83 Å². The van der Waals surface area contributed by atoms with Gasteiger partial charge in [0.25, 0.3) is 5.91 Å². The van der Waals surface area contributed by atoms with E-state index in [1.165, 1.54) is 11.3 Å². The Hall–Kier alpha value is -1.40. The van der Waals surface area contributed by atoms with E-state index in [1.54, 1.807) is 0 Å². The maximum absolute atomic E-state index is 12.7. The molecule has 1 N–H and O–H groups in total. The molecule has 21 heavy (non-hydrogen) atoms. The lowest BCUT2D eigenvalue weighted by atomic mass is 10.1. The first-order valence-corrected chi connectivity index (χ1v) is 8.22. The molecular weight excluding hydrogens is 286 g/mol. The fraction of sp³-hybridized carbons (Fsp3) is 0.600. The van der Waals surface area contributed by atoms with E-state index in [2.05, 4.69) is 18.9 Å². The second kappa shape index (κ2) is 5.42. The number of amides is 1. The predicted octanol–water partition coefficient (Wildman–Crippen LogP) is 2.36. The molecule has 0 aromatic carbocycles. The van der Waals surface area contributed by atoms with Gasteiger partial charge in [0.15, 0.2) is 0 Å². The fourth-order valence-electron chi connectivity index (χ4n) is 2.68. The molecule has 1 saturated carbocycles. The van der Waals surface area contributed by atoms with Crippen LogP contribution in [-0.4, -0.2) is 44.9 Å². The molecule has 0 saturated heterocycles. The maximum Gasteiger partial charge on any atom is 0.264 e. The van der Waals surface area contributed by atoms with E-state index in [0.717, 1.165) is 33.6 Å². The van der Waals surface area contributed by atoms with Crippen LogP contribution in [0.2, 0.25) is 0 Å². The topological polar surface area (TPSA) is 58.4 Å². The number of fused-ring (bicyclic) bond motifs is 1.